The second-order valence-corrected chi connectivity index (χ2v) is 7.19. The standard InChI is InChI=1S/C11H17NO3S2/c1-9-6-4-5-7-11(9)17(14,15)12-10(2)8-16(3)13/h4-7,10,12H,8H2,1-3H3. The molecule has 0 aliphatic heterocycles. The molecule has 2 unspecified atom stereocenters. The number of rotatable bonds is 5. The van der Waals surface area contributed by atoms with Gasteiger partial charge in [0.1, 0.15) is 0 Å². The van der Waals surface area contributed by atoms with E-state index in [1.807, 2.05) is 0 Å². The van der Waals surface area contributed by atoms with Crippen LogP contribution in [-0.4, -0.2) is 30.7 Å². The highest BCUT2D eigenvalue weighted by Gasteiger charge is 2.19. The Balaban J connectivity index is 2.90. The molecule has 0 saturated carbocycles. The third-order valence-electron chi connectivity index (χ3n) is 2.22. The first-order valence-electron chi connectivity index (χ1n) is 5.21. The highest BCUT2D eigenvalue weighted by molar-refractivity contribution is 7.89. The van der Waals surface area contributed by atoms with Crippen molar-refractivity contribution in [3.05, 3.63) is 29.8 Å². The van der Waals surface area contributed by atoms with Gasteiger partial charge in [0.15, 0.2) is 0 Å². The van der Waals surface area contributed by atoms with Crippen molar-refractivity contribution in [1.82, 2.24) is 4.72 Å². The maximum atomic E-state index is 12.0. The van der Waals surface area contributed by atoms with Crippen molar-refractivity contribution in [3.8, 4) is 0 Å². The summed E-state index contributed by atoms with van der Waals surface area (Å²) in [5, 5.41) is 0. The van der Waals surface area contributed by atoms with Gasteiger partial charge in [-0.15, -0.1) is 0 Å². The molecular formula is C11H17NO3S2. The van der Waals surface area contributed by atoms with Crippen molar-refractivity contribution in [2.24, 2.45) is 0 Å². The molecule has 0 radical (unpaired) electrons. The van der Waals surface area contributed by atoms with Crippen molar-refractivity contribution in [2.45, 2.75) is 24.8 Å². The number of benzene rings is 1. The van der Waals surface area contributed by atoms with E-state index in [9.17, 15) is 12.6 Å². The largest absolute Gasteiger partial charge is 0.260 e. The molecule has 0 spiro atoms. The molecule has 2 atom stereocenters. The van der Waals surface area contributed by atoms with Gasteiger partial charge in [-0.3, -0.25) is 4.21 Å². The van der Waals surface area contributed by atoms with Crippen LogP contribution in [0.25, 0.3) is 0 Å². The van der Waals surface area contributed by atoms with Gasteiger partial charge in [0.25, 0.3) is 0 Å². The minimum atomic E-state index is -3.52. The normalized spacial score (nSPS) is 15.5. The van der Waals surface area contributed by atoms with Crippen LogP contribution < -0.4 is 4.72 Å². The fraction of sp³-hybridized carbons (Fsp3) is 0.455. The number of hydrogen-bond acceptors (Lipinski definition) is 3. The Morgan fingerprint density at radius 1 is 1.35 bits per heavy atom. The minimum Gasteiger partial charge on any atom is -0.260 e. The summed E-state index contributed by atoms with van der Waals surface area (Å²) in [7, 11) is -4.54. The van der Waals surface area contributed by atoms with Crippen LogP contribution in [0.15, 0.2) is 29.2 Å². The third kappa shape index (κ3) is 4.22. The molecular weight excluding hydrogens is 258 g/mol. The zero-order valence-corrected chi connectivity index (χ0v) is 11.8. The second kappa shape index (κ2) is 5.75. The van der Waals surface area contributed by atoms with Gasteiger partial charge in [0, 0.05) is 28.9 Å². The summed E-state index contributed by atoms with van der Waals surface area (Å²) in [5.41, 5.74) is 0.699. The van der Waals surface area contributed by atoms with E-state index in [2.05, 4.69) is 4.72 Å². The van der Waals surface area contributed by atoms with Crippen LogP contribution in [0, 0.1) is 6.92 Å². The monoisotopic (exact) mass is 275 g/mol. The minimum absolute atomic E-state index is 0.272. The number of nitrogens with one attached hydrogen (secondary N) is 1. The van der Waals surface area contributed by atoms with E-state index in [4.69, 9.17) is 0 Å². The summed E-state index contributed by atoms with van der Waals surface area (Å²) in [4.78, 5) is 0.272. The Hall–Kier alpha value is -0.720. The molecule has 0 aliphatic rings. The Morgan fingerprint density at radius 2 is 1.94 bits per heavy atom. The molecule has 1 aromatic rings. The summed E-state index contributed by atoms with van der Waals surface area (Å²) >= 11 is 0. The van der Waals surface area contributed by atoms with Crippen molar-refractivity contribution in [3.63, 3.8) is 0 Å². The lowest BCUT2D eigenvalue weighted by atomic mass is 10.2. The molecule has 1 rings (SSSR count). The van der Waals surface area contributed by atoms with Gasteiger partial charge < -0.3 is 0 Å². The summed E-state index contributed by atoms with van der Waals surface area (Å²) < 4.78 is 37.6. The molecule has 0 amide bonds. The molecule has 0 heterocycles. The van der Waals surface area contributed by atoms with Gasteiger partial charge >= 0.3 is 0 Å². The number of sulfonamides is 1. The fourth-order valence-corrected chi connectivity index (χ4v) is 3.95. The maximum absolute atomic E-state index is 12.0. The van der Waals surface area contributed by atoms with Crippen LogP contribution in [0.3, 0.4) is 0 Å². The number of aryl methyl sites for hydroxylation is 1. The molecule has 17 heavy (non-hydrogen) atoms. The zero-order chi connectivity index (χ0) is 13.1. The predicted molar refractivity (Wildman–Crippen MR) is 69.9 cm³/mol. The van der Waals surface area contributed by atoms with Crippen LogP contribution in [0.5, 0.6) is 0 Å². The first kappa shape index (κ1) is 14.3. The molecule has 4 nitrogen and oxygen atoms in total. The van der Waals surface area contributed by atoms with E-state index < -0.39 is 20.8 Å². The molecule has 0 aromatic heterocycles. The highest BCUT2D eigenvalue weighted by atomic mass is 32.2. The van der Waals surface area contributed by atoms with Crippen LogP contribution in [0.2, 0.25) is 0 Å². The van der Waals surface area contributed by atoms with Gasteiger partial charge in [-0.1, -0.05) is 18.2 Å². The quantitative estimate of drug-likeness (QED) is 0.873. The first-order valence-corrected chi connectivity index (χ1v) is 8.42. The topological polar surface area (TPSA) is 63.2 Å². The van der Waals surface area contributed by atoms with Crippen molar-refractivity contribution in [1.29, 1.82) is 0 Å². The molecule has 96 valence electrons. The molecule has 6 heteroatoms. The number of hydrogen-bond donors (Lipinski definition) is 1. The lowest BCUT2D eigenvalue weighted by Crippen LogP contribution is -2.36. The lowest BCUT2D eigenvalue weighted by Gasteiger charge is -2.14. The molecule has 0 saturated heterocycles. The first-order chi connectivity index (χ1) is 7.83. The summed E-state index contributed by atoms with van der Waals surface area (Å²) in [6.07, 6.45) is 1.55. The summed E-state index contributed by atoms with van der Waals surface area (Å²) in [6.45, 7) is 3.45. The van der Waals surface area contributed by atoms with Crippen LogP contribution >= 0.6 is 0 Å². The van der Waals surface area contributed by atoms with Crippen molar-refractivity contribution >= 4 is 20.8 Å². The Kier molecular flexibility index (Phi) is 4.85. The van der Waals surface area contributed by atoms with E-state index in [1.54, 1.807) is 44.4 Å². The molecule has 0 aliphatic carbocycles. The second-order valence-electron chi connectivity index (χ2n) is 4.03. The average Bonchev–Trinajstić information content (AvgIpc) is 2.15. The van der Waals surface area contributed by atoms with E-state index in [0.29, 0.717) is 11.3 Å². The summed E-state index contributed by atoms with van der Waals surface area (Å²) in [6, 6.07) is 6.44. The SMILES string of the molecule is Cc1ccccc1S(=O)(=O)NC(C)CS(C)=O. The van der Waals surface area contributed by atoms with Crippen LogP contribution in [-0.2, 0) is 20.8 Å². The zero-order valence-electron chi connectivity index (χ0n) is 10.1. The van der Waals surface area contributed by atoms with E-state index in [0.717, 1.165) is 0 Å². The molecule has 1 aromatic carbocycles. The van der Waals surface area contributed by atoms with Crippen molar-refractivity contribution < 1.29 is 12.6 Å². The van der Waals surface area contributed by atoms with Gasteiger partial charge in [0.2, 0.25) is 10.0 Å². The average molecular weight is 275 g/mol. The third-order valence-corrected chi connectivity index (χ3v) is 4.94. The van der Waals surface area contributed by atoms with Crippen molar-refractivity contribution in [2.75, 3.05) is 12.0 Å². The van der Waals surface area contributed by atoms with E-state index in [-0.39, 0.29) is 10.9 Å². The smallest absolute Gasteiger partial charge is 0.241 e. The Labute approximate surface area is 105 Å². The van der Waals surface area contributed by atoms with Gasteiger partial charge in [0.05, 0.1) is 4.90 Å². The molecule has 0 bridgehead atoms. The van der Waals surface area contributed by atoms with Gasteiger partial charge in [-0.2, -0.15) is 0 Å². The molecule has 0 fully saturated rings. The Morgan fingerprint density at radius 3 is 2.47 bits per heavy atom. The summed E-state index contributed by atoms with van der Waals surface area (Å²) in [5.74, 6) is 0.311. The lowest BCUT2D eigenvalue weighted by molar-refractivity contribution is 0.569. The maximum Gasteiger partial charge on any atom is 0.241 e. The van der Waals surface area contributed by atoms with Crippen LogP contribution in [0.1, 0.15) is 12.5 Å². The van der Waals surface area contributed by atoms with E-state index in [1.165, 1.54) is 0 Å². The Bertz CT molecular complexity index is 511. The molecule has 1 N–H and O–H groups in total. The van der Waals surface area contributed by atoms with Crippen LogP contribution in [0.4, 0.5) is 0 Å². The predicted octanol–water partition coefficient (Wildman–Crippen LogP) is 1.04. The fourth-order valence-electron chi connectivity index (χ4n) is 1.57. The van der Waals surface area contributed by atoms with E-state index >= 15 is 0 Å². The van der Waals surface area contributed by atoms with Gasteiger partial charge in [-0.05, 0) is 25.5 Å². The van der Waals surface area contributed by atoms with Gasteiger partial charge in [-0.25, -0.2) is 13.1 Å². The highest BCUT2D eigenvalue weighted by Crippen LogP contribution is 2.14.